The van der Waals surface area contributed by atoms with Crippen molar-refractivity contribution >= 4 is 5.65 Å². The molecule has 0 saturated heterocycles. The van der Waals surface area contributed by atoms with E-state index in [1.165, 1.54) is 21.1 Å². The molecule has 0 aliphatic carbocycles. The molecule has 2 aromatic heterocycles. The van der Waals surface area contributed by atoms with Crippen molar-refractivity contribution < 1.29 is 22.6 Å². The lowest BCUT2D eigenvalue weighted by Crippen LogP contribution is -2.26. The van der Waals surface area contributed by atoms with Gasteiger partial charge in [-0.2, -0.15) is 13.2 Å². The Morgan fingerprint density at radius 1 is 1.15 bits per heavy atom. The van der Waals surface area contributed by atoms with Crippen LogP contribution in [-0.2, 0) is 6.42 Å². The number of fused-ring (bicyclic) bond motifs is 1. The first-order valence-corrected chi connectivity index (χ1v) is 8.06. The van der Waals surface area contributed by atoms with Gasteiger partial charge in [0, 0.05) is 22.5 Å². The Morgan fingerprint density at radius 2 is 1.81 bits per heavy atom. The fourth-order valence-corrected chi connectivity index (χ4v) is 3.07. The van der Waals surface area contributed by atoms with Crippen molar-refractivity contribution in [3.05, 3.63) is 45.5 Å². The number of aromatic nitrogens is 3. The van der Waals surface area contributed by atoms with E-state index >= 15 is 0 Å². The first-order chi connectivity index (χ1) is 12.7. The minimum absolute atomic E-state index is 0.0538. The van der Waals surface area contributed by atoms with Crippen LogP contribution in [0, 0.1) is 13.8 Å². The number of hydrogen-bond donors (Lipinski definition) is 1. The predicted octanol–water partition coefficient (Wildman–Crippen LogP) is 3.43. The van der Waals surface area contributed by atoms with E-state index in [-0.39, 0.29) is 16.9 Å². The fourth-order valence-electron chi connectivity index (χ4n) is 3.07. The molecule has 0 amide bonds. The second-order valence-corrected chi connectivity index (χ2v) is 6.11. The number of nitrogens with one attached hydrogen (secondary N) is 1. The van der Waals surface area contributed by atoms with E-state index in [0.717, 1.165) is 4.52 Å². The molecule has 0 aliphatic rings. The molecule has 0 aliphatic heterocycles. The van der Waals surface area contributed by atoms with Crippen LogP contribution in [0.1, 0.15) is 17.0 Å². The molecule has 0 atom stereocenters. The first-order valence-electron chi connectivity index (χ1n) is 8.06. The zero-order chi connectivity index (χ0) is 19.9. The Labute approximate surface area is 152 Å². The SMILES string of the molecule is COc1ccc(-c2c(C)[nH]n3c(=O)c(CC(F)(F)F)c(C)nc23)cc1OC. The zero-order valence-corrected chi connectivity index (χ0v) is 15.2. The summed E-state index contributed by atoms with van der Waals surface area (Å²) in [6.07, 6.45) is -5.81. The Kier molecular flexibility index (Phi) is 4.63. The van der Waals surface area contributed by atoms with Crippen molar-refractivity contribution in [2.24, 2.45) is 0 Å². The molecule has 0 spiro atoms. The summed E-state index contributed by atoms with van der Waals surface area (Å²) < 4.78 is 49.9. The fraction of sp³-hybridized carbons (Fsp3) is 0.333. The quantitative estimate of drug-likeness (QED) is 0.752. The highest BCUT2D eigenvalue weighted by Gasteiger charge is 2.31. The number of H-pyrrole nitrogens is 1. The van der Waals surface area contributed by atoms with Gasteiger partial charge in [0.15, 0.2) is 17.1 Å². The minimum atomic E-state index is -4.49. The van der Waals surface area contributed by atoms with E-state index in [2.05, 4.69) is 10.1 Å². The molecule has 0 radical (unpaired) electrons. The molecule has 0 fully saturated rings. The third-order valence-corrected chi connectivity index (χ3v) is 4.31. The van der Waals surface area contributed by atoms with Gasteiger partial charge >= 0.3 is 6.18 Å². The van der Waals surface area contributed by atoms with E-state index in [1.807, 2.05) is 0 Å². The van der Waals surface area contributed by atoms with Gasteiger partial charge in [-0.1, -0.05) is 6.07 Å². The highest BCUT2D eigenvalue weighted by molar-refractivity contribution is 5.81. The normalized spacial score (nSPS) is 11.8. The number of methoxy groups -OCH3 is 2. The van der Waals surface area contributed by atoms with E-state index < -0.39 is 18.2 Å². The van der Waals surface area contributed by atoms with Crippen molar-refractivity contribution in [1.29, 1.82) is 0 Å². The molecule has 27 heavy (non-hydrogen) atoms. The lowest BCUT2D eigenvalue weighted by molar-refractivity contribution is -0.127. The van der Waals surface area contributed by atoms with Crippen molar-refractivity contribution in [2.45, 2.75) is 26.4 Å². The molecule has 3 rings (SSSR count). The molecular weight excluding hydrogens is 363 g/mol. The summed E-state index contributed by atoms with van der Waals surface area (Å²) in [4.78, 5) is 16.9. The smallest absolute Gasteiger partial charge is 0.393 e. The number of aromatic amines is 1. The molecule has 9 heteroatoms. The van der Waals surface area contributed by atoms with Gasteiger partial charge in [0.25, 0.3) is 5.56 Å². The first kappa shape index (κ1) is 18.8. The molecule has 6 nitrogen and oxygen atoms in total. The molecular formula is C18H18F3N3O3. The largest absolute Gasteiger partial charge is 0.493 e. The van der Waals surface area contributed by atoms with E-state index in [0.29, 0.717) is 28.3 Å². The van der Waals surface area contributed by atoms with Gasteiger partial charge in [-0.15, -0.1) is 0 Å². The number of nitrogens with zero attached hydrogens (tertiary/aromatic N) is 2. The Hall–Kier alpha value is -2.97. The molecule has 3 aromatic rings. The topological polar surface area (TPSA) is 68.6 Å². The van der Waals surface area contributed by atoms with Crippen LogP contribution < -0.4 is 15.0 Å². The summed E-state index contributed by atoms with van der Waals surface area (Å²) in [7, 11) is 3.02. The van der Waals surface area contributed by atoms with E-state index in [9.17, 15) is 18.0 Å². The Morgan fingerprint density at radius 3 is 2.41 bits per heavy atom. The van der Waals surface area contributed by atoms with Gasteiger partial charge in [-0.05, 0) is 31.5 Å². The third kappa shape index (κ3) is 3.36. The molecule has 0 bridgehead atoms. The van der Waals surface area contributed by atoms with E-state index in [1.54, 1.807) is 25.1 Å². The number of aryl methyl sites for hydroxylation is 2. The maximum atomic E-state index is 12.8. The second kappa shape index (κ2) is 6.64. The van der Waals surface area contributed by atoms with Gasteiger partial charge in [-0.3, -0.25) is 9.89 Å². The van der Waals surface area contributed by atoms with Gasteiger partial charge in [0.1, 0.15) is 0 Å². The molecule has 0 saturated carbocycles. The number of benzene rings is 1. The summed E-state index contributed by atoms with van der Waals surface area (Å²) in [5.74, 6) is 1.02. The average Bonchev–Trinajstić information content (AvgIpc) is 2.93. The van der Waals surface area contributed by atoms with Crippen molar-refractivity contribution in [3.63, 3.8) is 0 Å². The number of hydrogen-bond acceptors (Lipinski definition) is 4. The highest BCUT2D eigenvalue weighted by atomic mass is 19.4. The van der Waals surface area contributed by atoms with Crippen molar-refractivity contribution in [1.82, 2.24) is 14.6 Å². The summed E-state index contributed by atoms with van der Waals surface area (Å²) in [6.45, 7) is 3.13. The average molecular weight is 381 g/mol. The van der Waals surface area contributed by atoms with Gasteiger partial charge in [-0.25, -0.2) is 9.50 Å². The maximum absolute atomic E-state index is 12.8. The lowest BCUT2D eigenvalue weighted by atomic mass is 10.1. The second-order valence-electron chi connectivity index (χ2n) is 6.11. The summed E-state index contributed by atoms with van der Waals surface area (Å²) in [5.41, 5.74) is 1.07. The van der Waals surface area contributed by atoms with Crippen molar-refractivity contribution in [2.75, 3.05) is 14.2 Å². The van der Waals surface area contributed by atoms with Crippen LogP contribution in [0.4, 0.5) is 13.2 Å². The zero-order valence-electron chi connectivity index (χ0n) is 15.2. The molecule has 0 unspecified atom stereocenters. The van der Waals surface area contributed by atoms with Gasteiger partial charge < -0.3 is 9.47 Å². The molecule has 144 valence electrons. The van der Waals surface area contributed by atoms with Crippen LogP contribution in [-0.4, -0.2) is 35.0 Å². The number of rotatable bonds is 4. The highest BCUT2D eigenvalue weighted by Crippen LogP contribution is 2.35. The van der Waals surface area contributed by atoms with Crippen LogP contribution >= 0.6 is 0 Å². The van der Waals surface area contributed by atoms with E-state index in [4.69, 9.17) is 9.47 Å². The van der Waals surface area contributed by atoms with Crippen LogP contribution in [0.2, 0.25) is 0 Å². The van der Waals surface area contributed by atoms with Crippen molar-refractivity contribution in [3.8, 4) is 22.6 Å². The molecule has 1 aromatic carbocycles. The van der Waals surface area contributed by atoms with Crippen LogP contribution in [0.3, 0.4) is 0 Å². The van der Waals surface area contributed by atoms with Crippen LogP contribution in [0.25, 0.3) is 16.8 Å². The lowest BCUT2D eigenvalue weighted by Gasteiger charge is -2.10. The monoisotopic (exact) mass is 381 g/mol. The third-order valence-electron chi connectivity index (χ3n) is 4.31. The summed E-state index contributed by atoms with van der Waals surface area (Å²) in [5, 5.41) is 2.82. The van der Waals surface area contributed by atoms with Gasteiger partial charge in [0.05, 0.1) is 20.6 Å². The minimum Gasteiger partial charge on any atom is -0.493 e. The maximum Gasteiger partial charge on any atom is 0.393 e. The summed E-state index contributed by atoms with van der Waals surface area (Å²) >= 11 is 0. The standard InChI is InChI=1S/C18H18F3N3O3/c1-9-12(8-18(19,20)21)17(25)24-16(22-9)15(10(2)23-24)11-5-6-13(26-3)14(7-11)27-4/h5-7,23H,8H2,1-4H3. The Bertz CT molecular complexity index is 1070. The summed E-state index contributed by atoms with van der Waals surface area (Å²) in [6, 6.07) is 5.20. The predicted molar refractivity (Wildman–Crippen MR) is 93.6 cm³/mol. The number of ether oxygens (including phenoxy) is 2. The molecule has 2 heterocycles. The number of halogens is 3. The van der Waals surface area contributed by atoms with Crippen LogP contribution in [0.5, 0.6) is 11.5 Å². The Balaban J connectivity index is 2.25. The van der Waals surface area contributed by atoms with Gasteiger partial charge in [0.2, 0.25) is 0 Å². The molecule has 1 N–H and O–H groups in total. The van der Waals surface area contributed by atoms with Crippen LogP contribution in [0.15, 0.2) is 23.0 Å². The number of alkyl halides is 3.